The van der Waals surface area contributed by atoms with Crippen LogP contribution in [0.2, 0.25) is 5.02 Å². The fourth-order valence-corrected chi connectivity index (χ4v) is 4.70. The normalized spacial score (nSPS) is 11.8. The lowest BCUT2D eigenvalue weighted by molar-refractivity contribution is 0.102. The maximum atomic E-state index is 12.8. The molecule has 0 aliphatic heterocycles. The van der Waals surface area contributed by atoms with Gasteiger partial charge in [-0.15, -0.1) is 0 Å². The Morgan fingerprint density at radius 2 is 1.75 bits per heavy atom. The van der Waals surface area contributed by atoms with Crippen LogP contribution >= 0.6 is 11.6 Å². The maximum Gasteiger partial charge on any atom is 0.257 e. The molecule has 1 amide bonds. The van der Waals surface area contributed by atoms with E-state index in [4.69, 9.17) is 11.6 Å². The number of aromatic nitrogens is 2. The van der Waals surface area contributed by atoms with E-state index in [9.17, 15) is 13.2 Å². The van der Waals surface area contributed by atoms with Crippen LogP contribution in [-0.2, 0) is 10.0 Å². The van der Waals surface area contributed by atoms with Crippen LogP contribution in [0.4, 0.5) is 5.69 Å². The number of nitrogens with zero attached hydrogens (tertiary/aromatic N) is 1. The lowest BCUT2D eigenvalue weighted by atomic mass is 10.1. The fourth-order valence-electron chi connectivity index (χ4n) is 3.22. The van der Waals surface area contributed by atoms with Crippen LogP contribution in [-0.4, -0.2) is 30.3 Å². The third-order valence-corrected chi connectivity index (χ3v) is 6.68. The van der Waals surface area contributed by atoms with Gasteiger partial charge in [-0.25, -0.2) is 18.1 Å². The second-order valence-electron chi connectivity index (χ2n) is 7.55. The molecular weight excluding hydrogens is 448 g/mol. The average Bonchev–Trinajstić information content (AvgIpc) is 3.17. The molecule has 3 aromatic carbocycles. The van der Waals surface area contributed by atoms with Crippen molar-refractivity contribution in [1.82, 2.24) is 14.7 Å². The number of fused-ring (bicyclic) bond motifs is 1. The van der Waals surface area contributed by atoms with Gasteiger partial charge in [-0.2, -0.15) is 0 Å². The van der Waals surface area contributed by atoms with E-state index < -0.39 is 15.9 Å². The molecule has 32 heavy (non-hydrogen) atoms. The van der Waals surface area contributed by atoms with Gasteiger partial charge in [0.1, 0.15) is 5.82 Å². The topological polar surface area (TPSA) is 104 Å². The van der Waals surface area contributed by atoms with Crippen molar-refractivity contribution < 1.29 is 13.2 Å². The molecule has 1 heterocycles. The first-order valence-electron chi connectivity index (χ1n) is 9.91. The van der Waals surface area contributed by atoms with Crippen molar-refractivity contribution in [1.29, 1.82) is 0 Å². The number of H-pyrrole nitrogens is 1. The summed E-state index contributed by atoms with van der Waals surface area (Å²) in [6.45, 7) is 3.44. The van der Waals surface area contributed by atoms with Crippen molar-refractivity contribution in [2.45, 2.75) is 24.8 Å². The van der Waals surface area contributed by atoms with Crippen molar-refractivity contribution in [2.24, 2.45) is 0 Å². The van der Waals surface area contributed by atoms with Crippen LogP contribution in [0.5, 0.6) is 0 Å². The summed E-state index contributed by atoms with van der Waals surface area (Å²) in [4.78, 5) is 20.6. The summed E-state index contributed by atoms with van der Waals surface area (Å²) in [5.41, 5.74) is 3.29. The minimum atomic E-state index is -3.75. The number of rotatable bonds is 6. The molecule has 4 rings (SSSR count). The van der Waals surface area contributed by atoms with Crippen molar-refractivity contribution in [3.05, 3.63) is 77.3 Å². The summed E-state index contributed by atoms with van der Waals surface area (Å²) in [6, 6.07) is 18.7. The Kier molecular flexibility index (Phi) is 6.01. The molecule has 3 N–H and O–H groups in total. The minimum Gasteiger partial charge on any atom is -0.338 e. The van der Waals surface area contributed by atoms with Crippen molar-refractivity contribution in [3.63, 3.8) is 0 Å². The van der Waals surface area contributed by atoms with E-state index in [2.05, 4.69) is 20.0 Å². The zero-order valence-corrected chi connectivity index (χ0v) is 19.0. The van der Waals surface area contributed by atoms with Gasteiger partial charge < -0.3 is 10.3 Å². The van der Waals surface area contributed by atoms with Crippen molar-refractivity contribution in [2.75, 3.05) is 5.32 Å². The van der Waals surface area contributed by atoms with E-state index in [0.717, 1.165) is 22.4 Å². The second-order valence-corrected chi connectivity index (χ2v) is 9.67. The van der Waals surface area contributed by atoms with Crippen LogP contribution in [0.1, 0.15) is 24.2 Å². The van der Waals surface area contributed by atoms with Gasteiger partial charge in [-0.3, -0.25) is 4.79 Å². The minimum absolute atomic E-state index is 0.0269. The van der Waals surface area contributed by atoms with Gasteiger partial charge >= 0.3 is 0 Å². The number of aromatic amines is 1. The number of sulfonamides is 1. The highest BCUT2D eigenvalue weighted by Crippen LogP contribution is 2.24. The third-order valence-electron chi connectivity index (χ3n) is 4.69. The van der Waals surface area contributed by atoms with Gasteiger partial charge in [-0.05, 0) is 68.4 Å². The first-order chi connectivity index (χ1) is 15.2. The SMILES string of the molecule is CC(C)NS(=O)(=O)c1ccc(Cl)c(C(=O)Nc2ccc(-c3nc4ccccc4[nH]3)cc2)c1. The van der Waals surface area contributed by atoms with Crippen LogP contribution < -0.4 is 10.0 Å². The number of hydrogen-bond acceptors (Lipinski definition) is 4. The first-order valence-corrected chi connectivity index (χ1v) is 11.8. The van der Waals surface area contributed by atoms with Gasteiger partial charge in [0.05, 0.1) is 26.5 Å². The van der Waals surface area contributed by atoms with Crippen LogP contribution in [0.15, 0.2) is 71.6 Å². The number of imidazole rings is 1. The van der Waals surface area contributed by atoms with E-state index in [1.165, 1.54) is 18.2 Å². The molecule has 1 aromatic heterocycles. The van der Waals surface area contributed by atoms with Gasteiger partial charge in [-0.1, -0.05) is 23.7 Å². The molecule has 0 saturated heterocycles. The maximum absolute atomic E-state index is 12.8. The van der Waals surface area contributed by atoms with E-state index in [0.29, 0.717) is 5.69 Å². The lowest BCUT2D eigenvalue weighted by Gasteiger charge is -2.12. The predicted molar refractivity (Wildman–Crippen MR) is 126 cm³/mol. The van der Waals surface area contributed by atoms with Crippen LogP contribution in [0, 0.1) is 0 Å². The molecule has 0 unspecified atom stereocenters. The highest BCUT2D eigenvalue weighted by molar-refractivity contribution is 7.89. The summed E-state index contributed by atoms with van der Waals surface area (Å²) in [7, 11) is -3.75. The summed E-state index contributed by atoms with van der Waals surface area (Å²) in [5.74, 6) is 0.218. The number of hydrogen-bond donors (Lipinski definition) is 3. The molecule has 164 valence electrons. The van der Waals surface area contributed by atoms with E-state index in [1.54, 1.807) is 26.0 Å². The number of carbonyl (C=O) groups is 1. The van der Waals surface area contributed by atoms with E-state index in [1.807, 2.05) is 36.4 Å². The van der Waals surface area contributed by atoms with E-state index in [-0.39, 0.29) is 21.5 Å². The van der Waals surface area contributed by atoms with Gasteiger partial charge in [0.25, 0.3) is 5.91 Å². The molecule has 7 nitrogen and oxygen atoms in total. The van der Waals surface area contributed by atoms with Gasteiger partial charge in [0, 0.05) is 17.3 Å². The Hall–Kier alpha value is -3.20. The summed E-state index contributed by atoms with van der Waals surface area (Å²) >= 11 is 6.17. The Morgan fingerprint density at radius 3 is 2.44 bits per heavy atom. The Balaban J connectivity index is 1.54. The quantitative estimate of drug-likeness (QED) is 0.377. The molecule has 0 fully saturated rings. The molecule has 0 spiro atoms. The number of benzene rings is 3. The average molecular weight is 469 g/mol. The Morgan fingerprint density at radius 1 is 1.03 bits per heavy atom. The monoisotopic (exact) mass is 468 g/mol. The van der Waals surface area contributed by atoms with Crippen LogP contribution in [0.3, 0.4) is 0 Å². The highest BCUT2D eigenvalue weighted by Gasteiger charge is 2.19. The summed E-state index contributed by atoms with van der Waals surface area (Å²) in [6.07, 6.45) is 0. The second kappa shape index (κ2) is 8.74. The third kappa shape index (κ3) is 4.67. The molecular formula is C23H21ClN4O3S. The number of halogens is 1. The Labute approximate surface area is 190 Å². The number of para-hydroxylation sites is 2. The first kappa shape index (κ1) is 22.0. The number of nitrogens with one attached hydrogen (secondary N) is 3. The standard InChI is InChI=1S/C23H21ClN4O3S/c1-14(2)28-32(30,31)17-11-12-19(24)18(13-17)23(29)25-16-9-7-15(8-10-16)22-26-20-5-3-4-6-21(20)27-22/h3-14,28H,1-2H3,(H,25,29)(H,26,27). The fraction of sp³-hybridized carbons (Fsp3) is 0.130. The molecule has 0 atom stereocenters. The van der Waals surface area contributed by atoms with Gasteiger partial charge in [0.15, 0.2) is 0 Å². The van der Waals surface area contributed by atoms with Crippen molar-refractivity contribution in [3.8, 4) is 11.4 Å². The highest BCUT2D eigenvalue weighted by atomic mass is 35.5. The molecule has 0 aliphatic rings. The number of amides is 1. The lowest BCUT2D eigenvalue weighted by Crippen LogP contribution is -2.30. The zero-order chi connectivity index (χ0) is 22.9. The predicted octanol–water partition coefficient (Wildman–Crippen LogP) is 4.82. The molecule has 9 heteroatoms. The summed E-state index contributed by atoms with van der Waals surface area (Å²) < 4.78 is 27.3. The van der Waals surface area contributed by atoms with Gasteiger partial charge in [0.2, 0.25) is 10.0 Å². The Bertz CT molecular complexity index is 1360. The zero-order valence-electron chi connectivity index (χ0n) is 17.4. The number of carbonyl (C=O) groups excluding carboxylic acids is 1. The largest absolute Gasteiger partial charge is 0.338 e. The van der Waals surface area contributed by atoms with E-state index >= 15 is 0 Å². The summed E-state index contributed by atoms with van der Waals surface area (Å²) in [5, 5.41) is 2.91. The molecule has 0 aliphatic carbocycles. The molecule has 0 radical (unpaired) electrons. The smallest absolute Gasteiger partial charge is 0.257 e. The molecule has 0 bridgehead atoms. The van der Waals surface area contributed by atoms with Crippen LogP contribution in [0.25, 0.3) is 22.4 Å². The molecule has 4 aromatic rings. The number of anilines is 1. The molecule has 0 saturated carbocycles. The van der Waals surface area contributed by atoms with Crippen molar-refractivity contribution >= 4 is 44.3 Å².